The number of rotatable bonds is 5. The van der Waals surface area contributed by atoms with E-state index in [9.17, 15) is 24.1 Å². The maximum absolute atomic E-state index is 13.2. The molecule has 2 aromatic rings. The van der Waals surface area contributed by atoms with Gasteiger partial charge in [-0.3, -0.25) is 19.7 Å². The average Bonchev–Trinajstić information content (AvgIpc) is 3.02. The SMILES string of the molecule is O=C(NCCc1ccoc1)C(=O)Nc1ccc(F)c([N+](=O)[O-])c1. The summed E-state index contributed by atoms with van der Waals surface area (Å²) in [6, 6.07) is 4.53. The zero-order chi connectivity index (χ0) is 16.8. The van der Waals surface area contributed by atoms with Crippen molar-refractivity contribution in [2.24, 2.45) is 0 Å². The maximum atomic E-state index is 13.2. The van der Waals surface area contributed by atoms with Crippen LogP contribution < -0.4 is 10.6 Å². The van der Waals surface area contributed by atoms with Crippen molar-refractivity contribution in [1.29, 1.82) is 0 Å². The van der Waals surface area contributed by atoms with Gasteiger partial charge in [-0.05, 0) is 30.2 Å². The minimum absolute atomic E-state index is 0.0481. The third-order valence-corrected chi connectivity index (χ3v) is 2.89. The molecular weight excluding hydrogens is 309 g/mol. The van der Waals surface area contributed by atoms with Crippen LogP contribution >= 0.6 is 0 Å². The zero-order valence-electron chi connectivity index (χ0n) is 11.7. The highest BCUT2D eigenvalue weighted by Crippen LogP contribution is 2.21. The topological polar surface area (TPSA) is 114 Å². The normalized spacial score (nSPS) is 10.1. The van der Waals surface area contributed by atoms with E-state index in [0.717, 1.165) is 23.8 Å². The van der Waals surface area contributed by atoms with Crippen LogP contribution in [0.3, 0.4) is 0 Å². The summed E-state index contributed by atoms with van der Waals surface area (Å²) in [6.45, 7) is 0.218. The van der Waals surface area contributed by atoms with E-state index < -0.39 is 28.2 Å². The summed E-state index contributed by atoms with van der Waals surface area (Å²) in [4.78, 5) is 33.0. The van der Waals surface area contributed by atoms with Crippen LogP contribution in [-0.2, 0) is 16.0 Å². The Morgan fingerprint density at radius 3 is 2.70 bits per heavy atom. The number of nitro groups is 1. The number of nitro benzene ring substituents is 1. The van der Waals surface area contributed by atoms with Gasteiger partial charge in [0, 0.05) is 18.3 Å². The number of nitrogens with one attached hydrogen (secondary N) is 2. The van der Waals surface area contributed by atoms with Gasteiger partial charge in [0.25, 0.3) is 0 Å². The zero-order valence-corrected chi connectivity index (χ0v) is 11.7. The number of carbonyl (C=O) groups excluding carboxylic acids is 2. The second-order valence-corrected chi connectivity index (χ2v) is 4.51. The van der Waals surface area contributed by atoms with Gasteiger partial charge < -0.3 is 15.1 Å². The van der Waals surface area contributed by atoms with Crippen molar-refractivity contribution in [3.05, 3.63) is 58.3 Å². The van der Waals surface area contributed by atoms with Crippen LogP contribution in [-0.4, -0.2) is 23.3 Å². The molecule has 0 aliphatic heterocycles. The highest BCUT2D eigenvalue weighted by atomic mass is 19.1. The monoisotopic (exact) mass is 321 g/mol. The Morgan fingerprint density at radius 1 is 1.26 bits per heavy atom. The highest BCUT2D eigenvalue weighted by molar-refractivity contribution is 6.39. The van der Waals surface area contributed by atoms with Gasteiger partial charge in [-0.1, -0.05) is 0 Å². The van der Waals surface area contributed by atoms with Crippen molar-refractivity contribution in [3.63, 3.8) is 0 Å². The highest BCUT2D eigenvalue weighted by Gasteiger charge is 2.18. The van der Waals surface area contributed by atoms with Gasteiger partial charge in [-0.15, -0.1) is 0 Å². The summed E-state index contributed by atoms with van der Waals surface area (Å²) in [7, 11) is 0. The Balaban J connectivity index is 1.89. The Bertz CT molecular complexity index is 730. The average molecular weight is 321 g/mol. The molecule has 0 aliphatic carbocycles. The number of anilines is 1. The van der Waals surface area contributed by atoms with E-state index in [1.54, 1.807) is 6.07 Å². The van der Waals surface area contributed by atoms with E-state index in [0.29, 0.717) is 6.42 Å². The smallest absolute Gasteiger partial charge is 0.313 e. The minimum atomic E-state index is -1.03. The second-order valence-electron chi connectivity index (χ2n) is 4.51. The molecule has 0 aliphatic rings. The van der Waals surface area contributed by atoms with Gasteiger partial charge in [-0.2, -0.15) is 4.39 Å². The number of amides is 2. The van der Waals surface area contributed by atoms with Crippen molar-refractivity contribution in [1.82, 2.24) is 5.32 Å². The Hall–Kier alpha value is -3.23. The number of carbonyl (C=O) groups is 2. The lowest BCUT2D eigenvalue weighted by Gasteiger charge is -2.06. The quantitative estimate of drug-likeness (QED) is 0.493. The summed E-state index contributed by atoms with van der Waals surface area (Å²) >= 11 is 0. The van der Waals surface area contributed by atoms with Gasteiger partial charge in [0.2, 0.25) is 5.82 Å². The lowest BCUT2D eigenvalue weighted by molar-refractivity contribution is -0.387. The van der Waals surface area contributed by atoms with E-state index in [1.165, 1.54) is 12.5 Å². The molecule has 8 nitrogen and oxygen atoms in total. The number of furan rings is 1. The van der Waals surface area contributed by atoms with Crippen molar-refractivity contribution >= 4 is 23.2 Å². The Labute approximate surface area is 129 Å². The maximum Gasteiger partial charge on any atom is 0.313 e. The predicted octanol–water partition coefficient (Wildman–Crippen LogP) is 1.62. The molecule has 0 fully saturated rings. The van der Waals surface area contributed by atoms with Crippen LogP contribution in [0.1, 0.15) is 5.56 Å². The van der Waals surface area contributed by atoms with Crippen LogP contribution in [0.15, 0.2) is 41.2 Å². The molecule has 23 heavy (non-hydrogen) atoms. The number of nitrogens with zero attached hydrogens (tertiary/aromatic N) is 1. The lowest BCUT2D eigenvalue weighted by Crippen LogP contribution is -2.36. The molecule has 2 rings (SSSR count). The van der Waals surface area contributed by atoms with Gasteiger partial charge >= 0.3 is 17.5 Å². The molecular formula is C14H12FN3O5. The van der Waals surface area contributed by atoms with E-state index >= 15 is 0 Å². The molecule has 0 radical (unpaired) electrons. The minimum Gasteiger partial charge on any atom is -0.472 e. The molecule has 120 valence electrons. The number of hydrogen-bond acceptors (Lipinski definition) is 5. The fourth-order valence-electron chi connectivity index (χ4n) is 1.75. The third kappa shape index (κ3) is 4.37. The van der Waals surface area contributed by atoms with Crippen LogP contribution in [0.25, 0.3) is 0 Å². The summed E-state index contributed by atoms with van der Waals surface area (Å²) in [6.07, 6.45) is 3.49. The molecule has 9 heteroatoms. The summed E-state index contributed by atoms with van der Waals surface area (Å²) in [5.74, 6) is -2.93. The molecule has 0 saturated heterocycles. The molecule has 1 aromatic heterocycles. The number of halogens is 1. The molecule has 2 amide bonds. The van der Waals surface area contributed by atoms with Crippen molar-refractivity contribution in [3.8, 4) is 0 Å². The van der Waals surface area contributed by atoms with Crippen LogP contribution in [0.4, 0.5) is 15.8 Å². The first-order chi connectivity index (χ1) is 11.0. The van der Waals surface area contributed by atoms with Gasteiger partial charge in [0.15, 0.2) is 0 Å². The van der Waals surface area contributed by atoms with Crippen molar-refractivity contribution < 1.29 is 23.3 Å². The van der Waals surface area contributed by atoms with Crippen LogP contribution in [0, 0.1) is 15.9 Å². The summed E-state index contributed by atoms with van der Waals surface area (Å²) < 4.78 is 18.0. The Morgan fingerprint density at radius 2 is 2.04 bits per heavy atom. The number of hydrogen-bond donors (Lipinski definition) is 2. The van der Waals surface area contributed by atoms with Gasteiger partial charge in [-0.25, -0.2) is 0 Å². The fourth-order valence-corrected chi connectivity index (χ4v) is 1.75. The first-order valence-corrected chi connectivity index (χ1v) is 6.51. The van der Waals surface area contributed by atoms with Crippen molar-refractivity contribution in [2.45, 2.75) is 6.42 Å². The third-order valence-electron chi connectivity index (χ3n) is 2.89. The predicted molar refractivity (Wildman–Crippen MR) is 77.1 cm³/mol. The summed E-state index contributed by atoms with van der Waals surface area (Å²) in [5, 5.41) is 15.2. The molecule has 0 atom stereocenters. The lowest BCUT2D eigenvalue weighted by atomic mass is 10.2. The van der Waals surface area contributed by atoms with E-state index in [2.05, 4.69) is 10.6 Å². The number of benzene rings is 1. The molecule has 0 unspecified atom stereocenters. The second kappa shape index (κ2) is 7.16. The molecule has 2 N–H and O–H groups in total. The Kier molecular flexibility index (Phi) is 5.03. The van der Waals surface area contributed by atoms with E-state index in [1.807, 2.05) is 0 Å². The molecule has 1 aromatic carbocycles. The van der Waals surface area contributed by atoms with Crippen LogP contribution in [0.5, 0.6) is 0 Å². The van der Waals surface area contributed by atoms with Gasteiger partial charge in [0.05, 0.1) is 17.4 Å². The largest absolute Gasteiger partial charge is 0.472 e. The van der Waals surface area contributed by atoms with Crippen molar-refractivity contribution in [2.75, 3.05) is 11.9 Å². The summed E-state index contributed by atoms with van der Waals surface area (Å²) in [5.41, 5.74) is 0.0242. The van der Waals surface area contributed by atoms with E-state index in [4.69, 9.17) is 4.42 Å². The molecule has 0 saturated carbocycles. The fraction of sp³-hybridized carbons (Fsp3) is 0.143. The van der Waals surface area contributed by atoms with Crippen LogP contribution in [0.2, 0.25) is 0 Å². The standard InChI is InChI=1S/C14H12FN3O5/c15-11-2-1-10(7-12(11)18(21)22)17-14(20)13(19)16-5-3-9-4-6-23-8-9/h1-2,4,6-8H,3,5H2,(H,16,19)(H,17,20). The van der Waals surface area contributed by atoms with E-state index in [-0.39, 0.29) is 12.2 Å². The molecule has 0 bridgehead atoms. The first-order valence-electron chi connectivity index (χ1n) is 6.51. The van der Waals surface area contributed by atoms with Gasteiger partial charge in [0.1, 0.15) is 0 Å². The molecule has 1 heterocycles. The molecule has 0 spiro atoms. The first kappa shape index (κ1) is 16.1.